The van der Waals surface area contributed by atoms with Crippen molar-refractivity contribution in [2.75, 3.05) is 13.2 Å². The number of nitro benzene ring substituents is 1. The molecule has 20 heavy (non-hydrogen) atoms. The van der Waals surface area contributed by atoms with Crippen LogP contribution in [-0.4, -0.2) is 34.7 Å². The number of carbonyl (C=O) groups is 1. The number of aromatic hydroxyl groups is 1. The van der Waals surface area contributed by atoms with Gasteiger partial charge >= 0.3 is 5.69 Å². The molecule has 0 bridgehead atoms. The topological polar surface area (TPSA) is 102 Å². The van der Waals surface area contributed by atoms with Crippen LogP contribution in [0.5, 0.6) is 5.75 Å². The molecule has 0 radical (unpaired) electrons. The van der Waals surface area contributed by atoms with Gasteiger partial charge in [-0.15, -0.1) is 0 Å². The van der Waals surface area contributed by atoms with Crippen LogP contribution in [-0.2, 0) is 4.74 Å². The van der Waals surface area contributed by atoms with Crippen LogP contribution in [0.3, 0.4) is 0 Å². The van der Waals surface area contributed by atoms with Crippen LogP contribution in [0.2, 0.25) is 0 Å². The van der Waals surface area contributed by atoms with Gasteiger partial charge in [-0.05, 0) is 31.9 Å². The zero-order chi connectivity index (χ0) is 14.8. The molecule has 7 nitrogen and oxygen atoms in total. The second-order valence-corrected chi connectivity index (χ2v) is 5.05. The van der Waals surface area contributed by atoms with Gasteiger partial charge in [-0.3, -0.25) is 14.9 Å². The molecular formula is C13H16N2O5. The fraction of sp³-hybridized carbons (Fsp3) is 0.462. The van der Waals surface area contributed by atoms with E-state index in [1.54, 1.807) is 0 Å². The monoisotopic (exact) mass is 280 g/mol. The van der Waals surface area contributed by atoms with Crippen LogP contribution in [0.4, 0.5) is 5.69 Å². The quantitative estimate of drug-likeness (QED) is 0.644. The minimum atomic E-state index is -0.704. The SMILES string of the molecule is CC1(CNC(=O)c2ccc([N+](=O)[O-])c(O)c2)CCCO1. The minimum absolute atomic E-state index is 0.176. The molecule has 108 valence electrons. The molecule has 1 saturated heterocycles. The van der Waals surface area contributed by atoms with Gasteiger partial charge in [-0.25, -0.2) is 0 Å². The lowest BCUT2D eigenvalue weighted by Crippen LogP contribution is -2.40. The molecule has 1 aromatic rings. The molecule has 0 aliphatic carbocycles. The highest BCUT2D eigenvalue weighted by molar-refractivity contribution is 5.95. The molecular weight excluding hydrogens is 264 g/mol. The number of nitrogens with one attached hydrogen (secondary N) is 1. The molecule has 1 amide bonds. The van der Waals surface area contributed by atoms with Gasteiger partial charge < -0.3 is 15.2 Å². The van der Waals surface area contributed by atoms with Crippen LogP contribution < -0.4 is 5.32 Å². The Morgan fingerprint density at radius 1 is 1.60 bits per heavy atom. The number of carbonyl (C=O) groups excluding carboxylic acids is 1. The van der Waals surface area contributed by atoms with E-state index in [0.717, 1.165) is 25.0 Å². The van der Waals surface area contributed by atoms with Crippen molar-refractivity contribution in [2.24, 2.45) is 0 Å². The van der Waals surface area contributed by atoms with E-state index in [1.807, 2.05) is 6.92 Å². The van der Waals surface area contributed by atoms with Crippen LogP contribution in [0.25, 0.3) is 0 Å². The Hall–Kier alpha value is -2.15. The van der Waals surface area contributed by atoms with Crippen molar-refractivity contribution in [1.82, 2.24) is 5.32 Å². The van der Waals surface area contributed by atoms with Crippen molar-refractivity contribution >= 4 is 11.6 Å². The number of benzene rings is 1. The number of nitro groups is 1. The highest BCUT2D eigenvalue weighted by Crippen LogP contribution is 2.27. The normalized spacial score (nSPS) is 21.6. The van der Waals surface area contributed by atoms with E-state index in [2.05, 4.69) is 5.32 Å². The predicted molar refractivity (Wildman–Crippen MR) is 70.7 cm³/mol. The Morgan fingerprint density at radius 3 is 2.90 bits per heavy atom. The van der Waals surface area contributed by atoms with Gasteiger partial charge in [0.05, 0.1) is 10.5 Å². The van der Waals surface area contributed by atoms with Gasteiger partial charge in [0.15, 0.2) is 5.75 Å². The number of nitrogens with zero attached hydrogens (tertiary/aromatic N) is 1. The summed E-state index contributed by atoms with van der Waals surface area (Å²) in [5.74, 6) is -0.919. The molecule has 1 aliphatic rings. The predicted octanol–water partition coefficient (Wildman–Crippen LogP) is 1.60. The highest BCUT2D eigenvalue weighted by atomic mass is 16.6. The van der Waals surface area contributed by atoms with E-state index in [0.29, 0.717) is 13.2 Å². The van der Waals surface area contributed by atoms with Gasteiger partial charge in [0, 0.05) is 24.8 Å². The summed E-state index contributed by atoms with van der Waals surface area (Å²) in [6.07, 6.45) is 1.84. The maximum absolute atomic E-state index is 11.9. The number of hydrogen-bond acceptors (Lipinski definition) is 5. The van der Waals surface area contributed by atoms with Crippen LogP contribution in [0, 0.1) is 10.1 Å². The smallest absolute Gasteiger partial charge is 0.310 e. The molecule has 1 fully saturated rings. The summed E-state index contributed by atoms with van der Waals surface area (Å²) in [6, 6.07) is 3.51. The van der Waals surface area contributed by atoms with Crippen molar-refractivity contribution in [3.8, 4) is 5.75 Å². The first-order valence-electron chi connectivity index (χ1n) is 6.31. The van der Waals surface area contributed by atoms with Gasteiger partial charge in [0.1, 0.15) is 0 Å². The third-order valence-electron chi connectivity index (χ3n) is 3.36. The second-order valence-electron chi connectivity index (χ2n) is 5.05. The molecule has 1 heterocycles. The van der Waals surface area contributed by atoms with Gasteiger partial charge in [0.25, 0.3) is 5.91 Å². The molecule has 2 rings (SSSR count). The van der Waals surface area contributed by atoms with E-state index in [9.17, 15) is 20.0 Å². The molecule has 1 atom stereocenters. The van der Waals surface area contributed by atoms with Crippen LogP contribution in [0.15, 0.2) is 18.2 Å². The highest BCUT2D eigenvalue weighted by Gasteiger charge is 2.30. The number of ether oxygens (including phenoxy) is 1. The zero-order valence-electron chi connectivity index (χ0n) is 11.1. The summed E-state index contributed by atoms with van der Waals surface area (Å²) in [4.78, 5) is 21.8. The third-order valence-corrected chi connectivity index (χ3v) is 3.36. The lowest BCUT2D eigenvalue weighted by molar-refractivity contribution is -0.385. The number of phenolic OH excluding ortho intramolecular Hbond substituents is 1. The van der Waals surface area contributed by atoms with E-state index in [-0.39, 0.29) is 11.2 Å². The van der Waals surface area contributed by atoms with Crippen molar-refractivity contribution in [2.45, 2.75) is 25.4 Å². The first-order valence-corrected chi connectivity index (χ1v) is 6.31. The Balaban J connectivity index is 2.02. The number of amides is 1. The van der Waals surface area contributed by atoms with Crippen molar-refractivity contribution in [3.63, 3.8) is 0 Å². The third kappa shape index (κ3) is 3.05. The molecule has 2 N–H and O–H groups in total. The average Bonchev–Trinajstić information content (AvgIpc) is 2.83. The summed E-state index contributed by atoms with van der Waals surface area (Å²) in [5.41, 5.74) is -0.610. The summed E-state index contributed by atoms with van der Waals surface area (Å²) in [6.45, 7) is 2.97. The molecule has 7 heteroatoms. The van der Waals surface area contributed by atoms with E-state index < -0.39 is 22.3 Å². The van der Waals surface area contributed by atoms with Crippen LogP contribution in [0.1, 0.15) is 30.1 Å². The fourth-order valence-electron chi connectivity index (χ4n) is 2.16. The first kappa shape index (κ1) is 14.3. The van der Waals surface area contributed by atoms with Crippen molar-refractivity contribution in [3.05, 3.63) is 33.9 Å². The molecule has 0 spiro atoms. The maximum Gasteiger partial charge on any atom is 0.310 e. The van der Waals surface area contributed by atoms with Gasteiger partial charge in [0.2, 0.25) is 0 Å². The van der Waals surface area contributed by atoms with E-state index >= 15 is 0 Å². The fourth-order valence-corrected chi connectivity index (χ4v) is 2.16. The Morgan fingerprint density at radius 2 is 2.35 bits per heavy atom. The number of rotatable bonds is 4. The van der Waals surface area contributed by atoms with Crippen LogP contribution >= 0.6 is 0 Å². The molecule has 1 unspecified atom stereocenters. The summed E-state index contributed by atoms with van der Waals surface area (Å²) in [7, 11) is 0. The van der Waals surface area contributed by atoms with Gasteiger partial charge in [-0.1, -0.05) is 0 Å². The van der Waals surface area contributed by atoms with Crippen molar-refractivity contribution < 1.29 is 19.6 Å². The zero-order valence-corrected chi connectivity index (χ0v) is 11.1. The lowest BCUT2D eigenvalue weighted by Gasteiger charge is -2.23. The Labute approximate surface area is 115 Å². The van der Waals surface area contributed by atoms with Crippen molar-refractivity contribution in [1.29, 1.82) is 0 Å². The van der Waals surface area contributed by atoms with E-state index in [4.69, 9.17) is 4.74 Å². The van der Waals surface area contributed by atoms with Gasteiger partial charge in [-0.2, -0.15) is 0 Å². The van der Waals surface area contributed by atoms with E-state index in [1.165, 1.54) is 6.07 Å². The Bertz CT molecular complexity index is 538. The summed E-state index contributed by atoms with van der Waals surface area (Å²) < 4.78 is 5.55. The standard InChI is InChI=1S/C13H16N2O5/c1-13(5-2-6-20-13)8-14-12(17)9-3-4-10(15(18)19)11(16)7-9/h3-4,7,16H,2,5-6,8H2,1H3,(H,14,17). The summed E-state index contributed by atoms with van der Waals surface area (Å²) in [5, 5.41) is 22.8. The average molecular weight is 280 g/mol. The minimum Gasteiger partial charge on any atom is -0.502 e. The molecule has 1 aromatic carbocycles. The first-order chi connectivity index (χ1) is 9.41. The largest absolute Gasteiger partial charge is 0.502 e. The number of phenols is 1. The maximum atomic E-state index is 11.9. The lowest BCUT2D eigenvalue weighted by atomic mass is 10.0. The molecule has 0 aromatic heterocycles. The summed E-state index contributed by atoms with van der Waals surface area (Å²) >= 11 is 0. The Kier molecular flexibility index (Phi) is 3.89. The molecule has 0 saturated carbocycles. The second kappa shape index (κ2) is 5.46. The number of hydrogen-bond donors (Lipinski definition) is 2. The molecule has 1 aliphatic heterocycles.